The summed E-state index contributed by atoms with van der Waals surface area (Å²) in [5.41, 5.74) is 0.563. The molecule has 94 valence electrons. The molecule has 0 unspecified atom stereocenters. The lowest BCUT2D eigenvalue weighted by atomic mass is 9.66. The van der Waals surface area contributed by atoms with Crippen molar-refractivity contribution in [2.45, 2.75) is 57.9 Å². The van der Waals surface area contributed by atoms with Crippen molar-refractivity contribution in [3.05, 3.63) is 0 Å². The second kappa shape index (κ2) is 5.77. The van der Waals surface area contributed by atoms with E-state index in [0.717, 1.165) is 18.4 Å². The Hall–Kier alpha value is 0.310. The number of hydrogen-bond donors (Lipinski definition) is 1. The Morgan fingerprint density at radius 2 is 1.94 bits per heavy atom. The Morgan fingerprint density at radius 3 is 2.50 bits per heavy atom. The lowest BCUT2D eigenvalue weighted by Gasteiger charge is -2.49. The average molecular weight is 241 g/mol. The van der Waals surface area contributed by atoms with Crippen molar-refractivity contribution in [1.29, 1.82) is 0 Å². The first-order valence-electron chi connectivity index (χ1n) is 7.11. The van der Waals surface area contributed by atoms with Gasteiger partial charge in [-0.1, -0.05) is 26.7 Å². The summed E-state index contributed by atoms with van der Waals surface area (Å²) in [4.78, 5) is 0. The Balaban J connectivity index is 1.67. The van der Waals surface area contributed by atoms with Crippen LogP contribution in [-0.4, -0.2) is 23.6 Å². The number of hydrogen-bond acceptors (Lipinski definition) is 2. The summed E-state index contributed by atoms with van der Waals surface area (Å²) >= 11 is 2.16. The van der Waals surface area contributed by atoms with E-state index in [1.54, 1.807) is 0 Å². The van der Waals surface area contributed by atoms with Crippen LogP contribution in [0.5, 0.6) is 0 Å². The summed E-state index contributed by atoms with van der Waals surface area (Å²) < 4.78 is 0. The summed E-state index contributed by atoms with van der Waals surface area (Å²) in [5, 5.41) is 3.78. The van der Waals surface area contributed by atoms with Gasteiger partial charge in [-0.15, -0.1) is 0 Å². The fourth-order valence-electron chi connectivity index (χ4n) is 3.19. The number of thioether (sulfide) groups is 1. The summed E-state index contributed by atoms with van der Waals surface area (Å²) in [6.07, 6.45) is 8.71. The van der Waals surface area contributed by atoms with Gasteiger partial charge in [-0.3, -0.25) is 0 Å². The van der Waals surface area contributed by atoms with Crippen molar-refractivity contribution in [3.63, 3.8) is 0 Å². The van der Waals surface area contributed by atoms with Gasteiger partial charge < -0.3 is 5.32 Å². The van der Waals surface area contributed by atoms with Crippen molar-refractivity contribution in [2.75, 3.05) is 18.1 Å². The highest BCUT2D eigenvalue weighted by Crippen LogP contribution is 2.48. The molecular formula is C14H27NS. The maximum atomic E-state index is 3.78. The van der Waals surface area contributed by atoms with Gasteiger partial charge in [0.25, 0.3) is 0 Å². The van der Waals surface area contributed by atoms with Gasteiger partial charge in [-0.05, 0) is 55.6 Å². The smallest absolute Gasteiger partial charge is 0.0189 e. The van der Waals surface area contributed by atoms with Crippen LogP contribution >= 0.6 is 11.8 Å². The first-order chi connectivity index (χ1) is 7.78. The Labute approximate surface area is 105 Å². The molecule has 0 aromatic heterocycles. The van der Waals surface area contributed by atoms with E-state index in [1.165, 1.54) is 50.0 Å². The van der Waals surface area contributed by atoms with Crippen LogP contribution in [0.15, 0.2) is 0 Å². The van der Waals surface area contributed by atoms with Gasteiger partial charge in [0.2, 0.25) is 0 Å². The fraction of sp³-hybridized carbons (Fsp3) is 1.00. The molecule has 0 aliphatic heterocycles. The second-order valence-electron chi connectivity index (χ2n) is 5.81. The minimum Gasteiger partial charge on any atom is -0.311 e. The van der Waals surface area contributed by atoms with E-state index in [9.17, 15) is 0 Å². The van der Waals surface area contributed by atoms with Crippen LogP contribution in [0.3, 0.4) is 0 Å². The third-order valence-corrected chi connectivity index (χ3v) is 5.39. The molecule has 0 atom stereocenters. The van der Waals surface area contributed by atoms with E-state index in [1.807, 2.05) is 0 Å². The van der Waals surface area contributed by atoms with Crippen molar-refractivity contribution in [1.82, 2.24) is 5.32 Å². The molecule has 0 saturated heterocycles. The zero-order valence-electron chi connectivity index (χ0n) is 10.9. The summed E-state index contributed by atoms with van der Waals surface area (Å²) in [6, 6.07) is 0. The predicted molar refractivity (Wildman–Crippen MR) is 74.1 cm³/mol. The normalized spacial score (nSPS) is 33.8. The molecule has 2 saturated carbocycles. The molecule has 2 aliphatic carbocycles. The molecular weight excluding hydrogens is 214 g/mol. The van der Waals surface area contributed by atoms with Crippen molar-refractivity contribution < 1.29 is 0 Å². The highest BCUT2D eigenvalue weighted by Gasteiger charge is 2.45. The van der Waals surface area contributed by atoms with Crippen molar-refractivity contribution >= 4 is 11.8 Å². The van der Waals surface area contributed by atoms with E-state index < -0.39 is 0 Å². The van der Waals surface area contributed by atoms with Crippen LogP contribution in [0.25, 0.3) is 0 Å². The first kappa shape index (κ1) is 12.8. The largest absolute Gasteiger partial charge is 0.311 e. The summed E-state index contributed by atoms with van der Waals surface area (Å²) in [5.74, 6) is 4.84. The maximum absolute atomic E-state index is 3.78. The molecule has 1 nitrogen and oxygen atoms in total. The van der Waals surface area contributed by atoms with E-state index in [-0.39, 0.29) is 0 Å². The molecule has 2 rings (SSSR count). The molecule has 2 heteroatoms. The Bertz CT molecular complexity index is 207. The van der Waals surface area contributed by atoms with E-state index in [0.29, 0.717) is 5.54 Å². The number of rotatable bonds is 8. The second-order valence-corrected chi connectivity index (χ2v) is 6.96. The fourth-order valence-corrected chi connectivity index (χ4v) is 4.21. The van der Waals surface area contributed by atoms with Crippen LogP contribution in [-0.2, 0) is 0 Å². The minimum absolute atomic E-state index is 0.563. The molecule has 2 aliphatic rings. The topological polar surface area (TPSA) is 12.0 Å². The average Bonchev–Trinajstić information content (AvgIpc) is 2.99. The van der Waals surface area contributed by atoms with Crippen LogP contribution in [0.4, 0.5) is 0 Å². The molecule has 0 amide bonds. The lowest BCUT2D eigenvalue weighted by Crippen LogP contribution is -2.56. The van der Waals surface area contributed by atoms with Gasteiger partial charge >= 0.3 is 0 Å². The van der Waals surface area contributed by atoms with Gasteiger partial charge in [0.15, 0.2) is 0 Å². The minimum atomic E-state index is 0.563. The third-order valence-electron chi connectivity index (χ3n) is 3.99. The third kappa shape index (κ3) is 3.40. The molecule has 0 bridgehead atoms. The monoisotopic (exact) mass is 241 g/mol. The van der Waals surface area contributed by atoms with Gasteiger partial charge in [-0.25, -0.2) is 0 Å². The van der Waals surface area contributed by atoms with Gasteiger partial charge in [-0.2, -0.15) is 11.8 Å². The van der Waals surface area contributed by atoms with Crippen LogP contribution < -0.4 is 5.32 Å². The molecule has 1 N–H and O–H groups in total. The molecule has 0 radical (unpaired) electrons. The van der Waals surface area contributed by atoms with E-state index >= 15 is 0 Å². The van der Waals surface area contributed by atoms with Crippen molar-refractivity contribution in [3.8, 4) is 0 Å². The highest BCUT2D eigenvalue weighted by atomic mass is 32.2. The first-order valence-corrected chi connectivity index (χ1v) is 8.26. The maximum Gasteiger partial charge on any atom is 0.0189 e. The Morgan fingerprint density at radius 1 is 1.19 bits per heavy atom. The molecule has 0 aromatic rings. The molecule has 2 fully saturated rings. The van der Waals surface area contributed by atoms with E-state index in [4.69, 9.17) is 0 Å². The zero-order chi connectivity index (χ0) is 11.4. The zero-order valence-corrected chi connectivity index (χ0v) is 11.7. The van der Waals surface area contributed by atoms with Crippen molar-refractivity contribution in [2.24, 2.45) is 11.8 Å². The van der Waals surface area contributed by atoms with Crippen LogP contribution in [0.2, 0.25) is 0 Å². The quantitative estimate of drug-likeness (QED) is 0.651. The lowest BCUT2D eigenvalue weighted by molar-refractivity contribution is 0.104. The summed E-state index contributed by atoms with van der Waals surface area (Å²) in [6.45, 7) is 5.69. The van der Waals surface area contributed by atoms with Gasteiger partial charge in [0.1, 0.15) is 0 Å². The van der Waals surface area contributed by atoms with Crippen LogP contribution in [0.1, 0.15) is 52.4 Å². The molecule has 0 aromatic carbocycles. The summed E-state index contributed by atoms with van der Waals surface area (Å²) in [7, 11) is 0. The molecule has 16 heavy (non-hydrogen) atoms. The molecule has 0 heterocycles. The van der Waals surface area contributed by atoms with E-state index in [2.05, 4.69) is 30.9 Å². The predicted octanol–water partition coefficient (Wildman–Crippen LogP) is 3.69. The van der Waals surface area contributed by atoms with Gasteiger partial charge in [0.05, 0.1) is 0 Å². The SMILES string of the molecule is CCCSCC1CC(CC2CC2)(NCC)C1. The highest BCUT2D eigenvalue weighted by molar-refractivity contribution is 7.99. The van der Waals surface area contributed by atoms with Gasteiger partial charge in [0, 0.05) is 5.54 Å². The number of nitrogens with one attached hydrogen (secondary N) is 1. The Kier molecular flexibility index (Phi) is 4.60. The molecule has 0 spiro atoms. The van der Waals surface area contributed by atoms with Crippen LogP contribution in [0, 0.1) is 11.8 Å². The standard InChI is InChI=1S/C14H27NS/c1-3-7-16-11-13-9-14(10-13,15-4-2)8-12-5-6-12/h12-13,15H,3-11H2,1-2H3.